The molecule has 2 saturated carbocycles. The summed E-state index contributed by atoms with van der Waals surface area (Å²) in [5, 5.41) is 0. The third-order valence-electron chi connectivity index (χ3n) is 6.55. The molecule has 22 heavy (non-hydrogen) atoms. The summed E-state index contributed by atoms with van der Waals surface area (Å²) in [5.74, 6) is 1.15. The fourth-order valence-corrected chi connectivity index (χ4v) is 5.66. The minimum absolute atomic E-state index is 0.0301. The smallest absolute Gasteiger partial charge is 0.160 e. The zero-order valence-electron chi connectivity index (χ0n) is 13.4. The van der Waals surface area contributed by atoms with E-state index in [9.17, 15) is 9.59 Å². The predicted molar refractivity (Wildman–Crippen MR) is 86.3 cm³/mol. The summed E-state index contributed by atoms with van der Waals surface area (Å²) in [6, 6.07) is 0. The van der Waals surface area contributed by atoms with Crippen LogP contribution in [0.5, 0.6) is 0 Å². The van der Waals surface area contributed by atoms with Crippen LogP contribution in [0.4, 0.5) is 0 Å². The summed E-state index contributed by atoms with van der Waals surface area (Å²) in [5.41, 5.74) is 3.23. The normalized spacial score (nSPS) is 38.7. The van der Waals surface area contributed by atoms with Crippen molar-refractivity contribution in [2.24, 2.45) is 23.7 Å². The van der Waals surface area contributed by atoms with Gasteiger partial charge in [-0.1, -0.05) is 36.8 Å². The Morgan fingerprint density at radius 1 is 0.636 bits per heavy atom. The van der Waals surface area contributed by atoms with Crippen LogP contribution in [0.25, 0.3) is 0 Å². The maximum atomic E-state index is 12.6. The Kier molecular flexibility index (Phi) is 3.79. The fraction of sp³-hybridized carbons (Fsp3) is 0.700. The molecule has 4 aliphatic carbocycles. The molecule has 2 nitrogen and oxygen atoms in total. The molecule has 4 rings (SSSR count). The highest BCUT2D eigenvalue weighted by atomic mass is 16.1. The Morgan fingerprint density at radius 3 is 1.55 bits per heavy atom. The van der Waals surface area contributed by atoms with Crippen LogP contribution < -0.4 is 0 Å². The van der Waals surface area contributed by atoms with Crippen molar-refractivity contribution in [1.29, 1.82) is 0 Å². The Bertz CT molecular complexity index is 506. The molecule has 0 saturated heterocycles. The lowest BCUT2D eigenvalue weighted by molar-refractivity contribution is -0.133. The molecule has 4 atom stereocenters. The lowest BCUT2D eigenvalue weighted by atomic mass is 9.57. The summed E-state index contributed by atoms with van der Waals surface area (Å²) in [6.07, 6.45) is 15.3. The SMILES string of the molecule is O=C1C=CC(=O)C2C3CCCCCC3=C3CCCCCC3C12. The molecule has 2 fully saturated rings. The minimum atomic E-state index is -0.0301. The average Bonchev–Trinajstić information content (AvgIpc) is 2.90. The van der Waals surface area contributed by atoms with Crippen molar-refractivity contribution in [3.05, 3.63) is 23.3 Å². The van der Waals surface area contributed by atoms with Gasteiger partial charge in [-0.2, -0.15) is 0 Å². The molecule has 0 heterocycles. The van der Waals surface area contributed by atoms with Crippen LogP contribution in [0, 0.1) is 23.7 Å². The summed E-state index contributed by atoms with van der Waals surface area (Å²) in [4.78, 5) is 25.3. The van der Waals surface area contributed by atoms with Gasteiger partial charge in [0, 0.05) is 11.8 Å². The van der Waals surface area contributed by atoms with Gasteiger partial charge in [-0.25, -0.2) is 0 Å². The van der Waals surface area contributed by atoms with E-state index in [-0.39, 0.29) is 23.4 Å². The molecule has 0 aromatic rings. The second-order valence-corrected chi connectivity index (χ2v) is 7.65. The van der Waals surface area contributed by atoms with Gasteiger partial charge in [0.15, 0.2) is 11.6 Å². The number of carbonyl (C=O) groups is 2. The van der Waals surface area contributed by atoms with Crippen molar-refractivity contribution in [3.8, 4) is 0 Å². The molecule has 0 radical (unpaired) electrons. The summed E-state index contributed by atoms with van der Waals surface area (Å²) in [7, 11) is 0. The molecular formula is C20H26O2. The quantitative estimate of drug-likeness (QED) is 0.621. The second-order valence-electron chi connectivity index (χ2n) is 7.65. The van der Waals surface area contributed by atoms with E-state index in [2.05, 4.69) is 0 Å². The van der Waals surface area contributed by atoms with Crippen LogP contribution in [0.3, 0.4) is 0 Å². The summed E-state index contributed by atoms with van der Waals surface area (Å²) in [6.45, 7) is 0. The molecule has 0 spiro atoms. The lowest BCUT2D eigenvalue weighted by Gasteiger charge is -2.44. The van der Waals surface area contributed by atoms with Crippen LogP contribution >= 0.6 is 0 Å². The van der Waals surface area contributed by atoms with Crippen molar-refractivity contribution >= 4 is 11.6 Å². The van der Waals surface area contributed by atoms with E-state index in [4.69, 9.17) is 0 Å². The van der Waals surface area contributed by atoms with Crippen molar-refractivity contribution in [3.63, 3.8) is 0 Å². The number of hydrogen-bond acceptors (Lipinski definition) is 2. The van der Waals surface area contributed by atoms with Gasteiger partial charge >= 0.3 is 0 Å². The predicted octanol–water partition coefficient (Wildman–Crippen LogP) is 4.40. The van der Waals surface area contributed by atoms with Crippen molar-refractivity contribution in [2.75, 3.05) is 0 Å². The van der Waals surface area contributed by atoms with Crippen molar-refractivity contribution in [1.82, 2.24) is 0 Å². The molecule has 2 heteroatoms. The van der Waals surface area contributed by atoms with E-state index in [1.807, 2.05) is 0 Å². The number of hydrogen-bond donors (Lipinski definition) is 0. The van der Waals surface area contributed by atoms with Gasteiger partial charge < -0.3 is 0 Å². The Hall–Kier alpha value is -1.18. The monoisotopic (exact) mass is 298 g/mol. The highest BCUT2D eigenvalue weighted by Crippen LogP contribution is 2.53. The standard InChI is InChI=1S/C20H26O2/c21-17-11-12-18(22)20-16-10-6-2-4-8-14(16)13-7-3-1-5-9-15(13)19(17)20/h11-12,15-16,19-20H,1-10H2. The van der Waals surface area contributed by atoms with Gasteiger partial charge in [0.1, 0.15) is 0 Å². The van der Waals surface area contributed by atoms with Crippen molar-refractivity contribution in [2.45, 2.75) is 64.2 Å². The van der Waals surface area contributed by atoms with Crippen LogP contribution in [-0.2, 0) is 9.59 Å². The first-order chi connectivity index (χ1) is 10.8. The van der Waals surface area contributed by atoms with E-state index >= 15 is 0 Å². The van der Waals surface area contributed by atoms with E-state index < -0.39 is 0 Å². The number of ketones is 2. The second kappa shape index (κ2) is 5.79. The first-order valence-corrected chi connectivity index (χ1v) is 9.25. The third kappa shape index (κ3) is 2.23. The summed E-state index contributed by atoms with van der Waals surface area (Å²) < 4.78 is 0. The Labute approximate surface area is 133 Å². The Balaban J connectivity index is 1.85. The Morgan fingerprint density at radius 2 is 1.09 bits per heavy atom. The van der Waals surface area contributed by atoms with Gasteiger partial charge in [-0.05, 0) is 62.5 Å². The molecule has 0 aromatic heterocycles. The molecule has 0 bridgehead atoms. The largest absolute Gasteiger partial charge is 0.294 e. The topological polar surface area (TPSA) is 34.1 Å². The first kappa shape index (κ1) is 14.4. The van der Waals surface area contributed by atoms with Gasteiger partial charge in [-0.15, -0.1) is 0 Å². The molecule has 0 aliphatic heterocycles. The van der Waals surface area contributed by atoms with Gasteiger partial charge in [0.2, 0.25) is 0 Å². The fourth-order valence-electron chi connectivity index (χ4n) is 5.66. The molecular weight excluding hydrogens is 272 g/mol. The zero-order chi connectivity index (χ0) is 15.1. The van der Waals surface area contributed by atoms with Crippen molar-refractivity contribution < 1.29 is 9.59 Å². The molecule has 0 amide bonds. The number of carbonyl (C=O) groups excluding carboxylic acids is 2. The third-order valence-corrected chi connectivity index (χ3v) is 6.55. The number of fused-ring (bicyclic) bond motifs is 5. The number of allylic oxidation sites excluding steroid dienone is 4. The molecule has 4 unspecified atom stereocenters. The molecule has 118 valence electrons. The van der Waals surface area contributed by atoms with Crippen LogP contribution in [0.1, 0.15) is 64.2 Å². The molecule has 0 aromatic carbocycles. The van der Waals surface area contributed by atoms with Gasteiger partial charge in [-0.3, -0.25) is 9.59 Å². The highest BCUT2D eigenvalue weighted by molar-refractivity contribution is 6.08. The summed E-state index contributed by atoms with van der Waals surface area (Å²) >= 11 is 0. The molecule has 0 N–H and O–H groups in total. The average molecular weight is 298 g/mol. The van der Waals surface area contributed by atoms with E-state index in [0.717, 1.165) is 12.8 Å². The highest BCUT2D eigenvalue weighted by Gasteiger charge is 2.50. The molecule has 4 aliphatic rings. The van der Waals surface area contributed by atoms with Crippen LogP contribution in [0.2, 0.25) is 0 Å². The zero-order valence-corrected chi connectivity index (χ0v) is 13.4. The maximum absolute atomic E-state index is 12.6. The van der Waals surface area contributed by atoms with E-state index in [1.165, 1.54) is 51.4 Å². The minimum Gasteiger partial charge on any atom is -0.294 e. The number of rotatable bonds is 0. The lowest BCUT2D eigenvalue weighted by Crippen LogP contribution is -2.46. The van der Waals surface area contributed by atoms with Crippen LogP contribution in [0.15, 0.2) is 23.3 Å². The van der Waals surface area contributed by atoms with Crippen LogP contribution in [-0.4, -0.2) is 11.6 Å². The van der Waals surface area contributed by atoms with E-state index in [1.54, 1.807) is 23.3 Å². The maximum Gasteiger partial charge on any atom is 0.160 e. The first-order valence-electron chi connectivity index (χ1n) is 9.25. The van der Waals surface area contributed by atoms with Gasteiger partial charge in [0.05, 0.1) is 0 Å². The van der Waals surface area contributed by atoms with Gasteiger partial charge in [0.25, 0.3) is 0 Å². The van der Waals surface area contributed by atoms with E-state index in [0.29, 0.717) is 11.8 Å².